The molecule has 0 aromatic heterocycles. The number of piperidine rings is 1. The number of hydrogen-bond acceptors (Lipinski definition) is 7. The van der Waals surface area contributed by atoms with Crippen molar-refractivity contribution in [3.8, 4) is 0 Å². The number of aliphatic hydroxyl groups excluding tert-OH is 1. The molecule has 2 aromatic rings. The third-order valence-corrected chi connectivity index (χ3v) is 11.0. The highest BCUT2D eigenvalue weighted by Gasteiger charge is 2.46. The molecule has 1 saturated carbocycles. The van der Waals surface area contributed by atoms with Crippen LogP contribution in [0.25, 0.3) is 0 Å². The van der Waals surface area contributed by atoms with E-state index in [4.69, 9.17) is 9.47 Å². The average molecular weight is 719 g/mol. The zero-order valence-corrected chi connectivity index (χ0v) is 32.0. The summed E-state index contributed by atoms with van der Waals surface area (Å²) in [6, 6.07) is 16.2. The van der Waals surface area contributed by atoms with Gasteiger partial charge < -0.3 is 30.5 Å². The number of benzene rings is 2. The van der Waals surface area contributed by atoms with Crippen molar-refractivity contribution < 1.29 is 29.0 Å². The fourth-order valence-corrected chi connectivity index (χ4v) is 8.20. The van der Waals surface area contributed by atoms with Crippen LogP contribution in [0.1, 0.15) is 133 Å². The first kappa shape index (κ1) is 39.9. The molecule has 0 unspecified atom stereocenters. The molecule has 10 nitrogen and oxygen atoms in total. The zero-order valence-electron chi connectivity index (χ0n) is 32.0. The van der Waals surface area contributed by atoms with Gasteiger partial charge in [-0.25, -0.2) is 0 Å². The minimum absolute atomic E-state index is 0.00593. The second-order valence-electron chi connectivity index (χ2n) is 16.3. The van der Waals surface area contributed by atoms with Gasteiger partial charge in [-0.15, -0.1) is 0 Å². The topological polar surface area (TPSA) is 129 Å². The Kier molecular flexibility index (Phi) is 14.3. The lowest BCUT2D eigenvalue weighted by Gasteiger charge is -2.51. The Balaban J connectivity index is 1.30. The molecular formula is C42H62N4O6. The van der Waals surface area contributed by atoms with Gasteiger partial charge in [-0.05, 0) is 81.9 Å². The minimum atomic E-state index is -0.612. The highest BCUT2D eigenvalue weighted by Crippen LogP contribution is 2.44. The molecular weight excluding hydrogens is 656 g/mol. The molecule has 4 N–H and O–H groups in total. The molecule has 0 radical (unpaired) electrons. The van der Waals surface area contributed by atoms with E-state index in [2.05, 4.69) is 27.8 Å². The normalized spacial score (nSPS) is 26.6. The summed E-state index contributed by atoms with van der Waals surface area (Å²) in [6.45, 7) is 11.5. The van der Waals surface area contributed by atoms with Crippen molar-refractivity contribution in [2.75, 3.05) is 13.1 Å². The van der Waals surface area contributed by atoms with E-state index < -0.39 is 6.29 Å². The van der Waals surface area contributed by atoms with Crippen molar-refractivity contribution in [3.63, 3.8) is 0 Å². The van der Waals surface area contributed by atoms with Gasteiger partial charge in [0, 0.05) is 56.0 Å². The van der Waals surface area contributed by atoms with Gasteiger partial charge >= 0.3 is 0 Å². The Morgan fingerprint density at radius 3 is 2.23 bits per heavy atom. The Morgan fingerprint density at radius 1 is 0.846 bits per heavy atom. The molecule has 0 spiro atoms. The number of carbonyl (C=O) groups excluding carboxylic acids is 3. The predicted octanol–water partition coefficient (Wildman–Crippen LogP) is 6.22. The van der Waals surface area contributed by atoms with Crippen LogP contribution in [0, 0.1) is 11.8 Å². The van der Waals surface area contributed by atoms with E-state index in [0.717, 1.165) is 60.8 Å². The number of unbranched alkanes of at least 4 members (excludes halogenated alkanes) is 2. The number of carbonyl (C=O) groups is 3. The number of amides is 3. The van der Waals surface area contributed by atoms with Gasteiger partial charge in [-0.2, -0.15) is 0 Å². The SMILES string of the molecule is CC(=O)NCCCCCC(=O)NCc1ccc([C@H]2O[C@@H](CN3[C@@H](C(=O)NC(C)(C)C)CC[C@H]4CCCC[C@H]43)[C@@H](C)[C@@H](c3ccc(CO)cc3)O2)cc1. The number of nitrogens with one attached hydrogen (secondary N) is 3. The number of fused-ring (bicyclic) bond motifs is 1. The average Bonchev–Trinajstić information content (AvgIpc) is 3.12. The van der Waals surface area contributed by atoms with E-state index >= 15 is 0 Å². The van der Waals surface area contributed by atoms with Gasteiger partial charge in [0.05, 0.1) is 24.9 Å². The van der Waals surface area contributed by atoms with Gasteiger partial charge in [-0.1, -0.05) is 74.7 Å². The van der Waals surface area contributed by atoms with Crippen molar-refractivity contribution in [2.24, 2.45) is 11.8 Å². The van der Waals surface area contributed by atoms with Gasteiger partial charge in [0.25, 0.3) is 0 Å². The number of rotatable bonds is 14. The number of nitrogens with zero attached hydrogens (tertiary/aromatic N) is 1. The molecule has 2 aromatic carbocycles. The van der Waals surface area contributed by atoms with Crippen LogP contribution in [0.2, 0.25) is 0 Å². The maximum atomic E-state index is 13.8. The smallest absolute Gasteiger partial charge is 0.237 e. The molecule has 0 bridgehead atoms. The molecule has 3 fully saturated rings. The second kappa shape index (κ2) is 18.6. The van der Waals surface area contributed by atoms with Crippen molar-refractivity contribution in [3.05, 3.63) is 70.8 Å². The summed E-state index contributed by atoms with van der Waals surface area (Å²) in [6.07, 6.45) is 8.64. The predicted molar refractivity (Wildman–Crippen MR) is 202 cm³/mol. The first-order valence-electron chi connectivity index (χ1n) is 19.6. The lowest BCUT2D eigenvalue weighted by molar-refractivity contribution is -0.278. The van der Waals surface area contributed by atoms with Crippen LogP contribution in [-0.2, 0) is 37.0 Å². The Morgan fingerprint density at radius 2 is 1.54 bits per heavy atom. The fourth-order valence-electron chi connectivity index (χ4n) is 8.20. The molecule has 286 valence electrons. The van der Waals surface area contributed by atoms with Crippen molar-refractivity contribution in [2.45, 2.75) is 148 Å². The van der Waals surface area contributed by atoms with Crippen molar-refractivity contribution >= 4 is 17.7 Å². The highest BCUT2D eigenvalue weighted by molar-refractivity contribution is 5.82. The summed E-state index contributed by atoms with van der Waals surface area (Å²) in [4.78, 5) is 39.8. The van der Waals surface area contributed by atoms with Crippen LogP contribution in [0.3, 0.4) is 0 Å². The first-order chi connectivity index (χ1) is 24.9. The van der Waals surface area contributed by atoms with E-state index in [1.807, 2.05) is 69.3 Å². The molecule has 7 atom stereocenters. The van der Waals surface area contributed by atoms with Crippen LogP contribution >= 0.6 is 0 Å². The largest absolute Gasteiger partial charge is 0.392 e. The van der Waals surface area contributed by atoms with Crippen LogP contribution in [-0.4, -0.2) is 64.5 Å². The Labute approximate surface area is 310 Å². The molecule has 5 rings (SSSR count). The second-order valence-corrected chi connectivity index (χ2v) is 16.3. The third kappa shape index (κ3) is 11.1. The van der Waals surface area contributed by atoms with Crippen molar-refractivity contribution in [1.29, 1.82) is 0 Å². The maximum absolute atomic E-state index is 13.8. The molecule has 10 heteroatoms. The van der Waals surface area contributed by atoms with Crippen LogP contribution in [0.15, 0.2) is 48.5 Å². The summed E-state index contributed by atoms with van der Waals surface area (Å²) in [7, 11) is 0. The zero-order chi connectivity index (χ0) is 37.3. The highest BCUT2D eigenvalue weighted by atomic mass is 16.7. The number of likely N-dealkylation sites (tertiary alicyclic amines) is 1. The number of aliphatic hydroxyl groups is 1. The first-order valence-corrected chi connectivity index (χ1v) is 19.6. The summed E-state index contributed by atoms with van der Waals surface area (Å²) >= 11 is 0. The molecule has 52 heavy (non-hydrogen) atoms. The van der Waals surface area contributed by atoms with E-state index in [1.165, 1.54) is 26.2 Å². The quantitative estimate of drug-likeness (QED) is 0.171. The summed E-state index contributed by atoms with van der Waals surface area (Å²) < 4.78 is 13.6. The van der Waals surface area contributed by atoms with E-state index in [0.29, 0.717) is 38.0 Å². The summed E-state index contributed by atoms with van der Waals surface area (Å²) in [5, 5.41) is 18.8. The summed E-state index contributed by atoms with van der Waals surface area (Å²) in [5.41, 5.74) is 3.47. The Hall–Kier alpha value is -3.31. The van der Waals surface area contributed by atoms with Gasteiger partial charge in [-0.3, -0.25) is 19.3 Å². The lowest BCUT2D eigenvalue weighted by Crippen LogP contribution is -2.61. The van der Waals surface area contributed by atoms with E-state index in [1.54, 1.807) is 0 Å². The molecule has 3 amide bonds. The third-order valence-electron chi connectivity index (χ3n) is 11.0. The van der Waals surface area contributed by atoms with Crippen LogP contribution in [0.4, 0.5) is 0 Å². The molecule has 2 saturated heterocycles. The number of ether oxygens (including phenoxy) is 2. The minimum Gasteiger partial charge on any atom is -0.392 e. The Bertz CT molecular complexity index is 1460. The standard InChI is InChI=1S/C42H62N4O6/c1-28-37(26-46-35-12-9-8-11-32(35)22-23-36(46)40(50)45-42(3,4)5)51-41(52-39(28)33-18-16-31(27-47)17-19-33)34-20-14-30(15-21-34)25-44-38(49)13-7-6-10-24-43-29(2)48/h14-21,28,32,35-37,39,41,47H,6-13,22-27H2,1-5H3,(H,43,48)(H,44,49)(H,45,50)/t28-,32-,35-,36-,37+,39+,41+/m1/s1. The van der Waals surface area contributed by atoms with E-state index in [9.17, 15) is 19.5 Å². The van der Waals surface area contributed by atoms with Gasteiger partial charge in [0.1, 0.15) is 0 Å². The van der Waals surface area contributed by atoms with Gasteiger partial charge in [0.15, 0.2) is 6.29 Å². The maximum Gasteiger partial charge on any atom is 0.237 e. The lowest BCUT2D eigenvalue weighted by atomic mass is 9.75. The molecule has 3 aliphatic rings. The monoisotopic (exact) mass is 718 g/mol. The van der Waals surface area contributed by atoms with Crippen LogP contribution in [0.5, 0.6) is 0 Å². The van der Waals surface area contributed by atoms with Crippen LogP contribution < -0.4 is 16.0 Å². The summed E-state index contributed by atoms with van der Waals surface area (Å²) in [5.74, 6) is 0.698. The fraction of sp³-hybridized carbons (Fsp3) is 0.643. The molecule has 2 aliphatic heterocycles. The van der Waals surface area contributed by atoms with Gasteiger partial charge in [0.2, 0.25) is 17.7 Å². The van der Waals surface area contributed by atoms with E-state index in [-0.39, 0.29) is 54.0 Å². The number of hydrogen-bond donors (Lipinski definition) is 4. The molecule has 1 aliphatic carbocycles. The van der Waals surface area contributed by atoms with Crippen molar-refractivity contribution in [1.82, 2.24) is 20.9 Å². The molecule has 2 heterocycles.